The molecule has 1 atom stereocenters. The number of amides is 1. The Labute approximate surface area is 191 Å². The zero-order valence-electron chi connectivity index (χ0n) is 18.6. The van der Waals surface area contributed by atoms with Crippen LogP contribution in [0.1, 0.15) is 35.1 Å². The fourth-order valence-corrected chi connectivity index (χ4v) is 4.20. The van der Waals surface area contributed by atoms with Gasteiger partial charge in [0.05, 0.1) is 19.1 Å². The van der Waals surface area contributed by atoms with Gasteiger partial charge in [0.25, 0.3) is 0 Å². The third kappa shape index (κ3) is 6.78. The molecule has 0 aromatic heterocycles. The van der Waals surface area contributed by atoms with Crippen LogP contribution < -0.4 is 5.32 Å². The summed E-state index contributed by atoms with van der Waals surface area (Å²) >= 11 is 0. The average Bonchev–Trinajstić information content (AvgIpc) is 2.85. The molecule has 32 heavy (non-hydrogen) atoms. The number of rotatable bonds is 9. The highest BCUT2D eigenvalue weighted by Gasteiger charge is 2.25. The second-order valence-corrected chi connectivity index (χ2v) is 8.57. The summed E-state index contributed by atoms with van der Waals surface area (Å²) in [6.07, 6.45) is 2.04. The van der Waals surface area contributed by atoms with E-state index in [0.29, 0.717) is 19.8 Å². The lowest BCUT2D eigenvalue weighted by molar-refractivity contribution is -0.126. The molecule has 0 aliphatic carbocycles. The Balaban J connectivity index is 1.19. The number of benzene rings is 3. The van der Waals surface area contributed by atoms with Gasteiger partial charge in [-0.2, -0.15) is 0 Å². The van der Waals surface area contributed by atoms with E-state index in [1.807, 2.05) is 24.3 Å². The normalized spacial score (nSPS) is 16.6. The Morgan fingerprint density at radius 3 is 2.09 bits per heavy atom. The van der Waals surface area contributed by atoms with Crippen LogP contribution >= 0.6 is 0 Å². The molecular formula is C28H32N2O2. The maximum atomic E-state index is 12.8. The summed E-state index contributed by atoms with van der Waals surface area (Å²) in [6.45, 7) is 4.57. The zero-order chi connectivity index (χ0) is 22.0. The van der Waals surface area contributed by atoms with Crippen molar-refractivity contribution in [3.05, 3.63) is 107 Å². The SMILES string of the molecule is O=C(NCc1ccc(COCc2ccccc2)cc1)C1CCCN(Cc2ccccc2)C1. The van der Waals surface area contributed by atoms with E-state index in [9.17, 15) is 4.79 Å². The van der Waals surface area contributed by atoms with E-state index >= 15 is 0 Å². The predicted molar refractivity (Wildman–Crippen MR) is 128 cm³/mol. The molecule has 1 saturated heterocycles. The lowest BCUT2D eigenvalue weighted by Gasteiger charge is -2.32. The monoisotopic (exact) mass is 428 g/mol. The molecule has 4 heteroatoms. The molecule has 1 unspecified atom stereocenters. The highest BCUT2D eigenvalue weighted by atomic mass is 16.5. The van der Waals surface area contributed by atoms with Gasteiger partial charge < -0.3 is 10.1 Å². The molecule has 1 fully saturated rings. The number of piperidine rings is 1. The lowest BCUT2D eigenvalue weighted by atomic mass is 9.96. The van der Waals surface area contributed by atoms with Crippen molar-refractivity contribution in [1.82, 2.24) is 10.2 Å². The summed E-state index contributed by atoms with van der Waals surface area (Å²) in [4.78, 5) is 15.2. The average molecular weight is 429 g/mol. The van der Waals surface area contributed by atoms with Gasteiger partial charge in [-0.25, -0.2) is 0 Å². The van der Waals surface area contributed by atoms with Crippen LogP contribution in [-0.4, -0.2) is 23.9 Å². The van der Waals surface area contributed by atoms with Crippen molar-refractivity contribution in [2.75, 3.05) is 13.1 Å². The standard InChI is InChI=1S/C28H32N2O2/c31-28(27-12-7-17-30(20-27)19-24-8-3-1-4-9-24)29-18-23-13-15-26(16-14-23)22-32-21-25-10-5-2-6-11-25/h1-6,8-11,13-16,27H,7,12,17-22H2,(H,29,31). The van der Waals surface area contributed by atoms with Crippen LogP contribution in [0.4, 0.5) is 0 Å². The van der Waals surface area contributed by atoms with Crippen LogP contribution in [0.3, 0.4) is 0 Å². The molecule has 1 heterocycles. The van der Waals surface area contributed by atoms with Crippen LogP contribution in [0.5, 0.6) is 0 Å². The molecule has 0 bridgehead atoms. The molecule has 1 aliphatic rings. The van der Waals surface area contributed by atoms with Crippen molar-refractivity contribution in [3.8, 4) is 0 Å². The van der Waals surface area contributed by atoms with Crippen molar-refractivity contribution >= 4 is 5.91 Å². The van der Waals surface area contributed by atoms with Crippen LogP contribution in [0, 0.1) is 5.92 Å². The minimum atomic E-state index is 0.0677. The van der Waals surface area contributed by atoms with Crippen molar-refractivity contribution < 1.29 is 9.53 Å². The van der Waals surface area contributed by atoms with Crippen LogP contribution in [-0.2, 0) is 35.8 Å². The van der Waals surface area contributed by atoms with Gasteiger partial charge in [-0.05, 0) is 41.6 Å². The minimum Gasteiger partial charge on any atom is -0.372 e. The molecular weight excluding hydrogens is 396 g/mol. The van der Waals surface area contributed by atoms with E-state index in [1.165, 1.54) is 11.1 Å². The van der Waals surface area contributed by atoms with Crippen molar-refractivity contribution in [2.24, 2.45) is 5.92 Å². The fourth-order valence-electron chi connectivity index (χ4n) is 4.20. The zero-order valence-corrected chi connectivity index (χ0v) is 18.6. The van der Waals surface area contributed by atoms with E-state index in [4.69, 9.17) is 4.74 Å². The van der Waals surface area contributed by atoms with E-state index in [0.717, 1.165) is 43.6 Å². The largest absolute Gasteiger partial charge is 0.372 e. The Morgan fingerprint density at radius 1 is 0.812 bits per heavy atom. The quantitative estimate of drug-likeness (QED) is 0.525. The molecule has 3 aromatic carbocycles. The van der Waals surface area contributed by atoms with Gasteiger partial charge in [-0.15, -0.1) is 0 Å². The van der Waals surface area contributed by atoms with Gasteiger partial charge in [0, 0.05) is 19.6 Å². The number of carbonyl (C=O) groups excluding carboxylic acids is 1. The number of hydrogen-bond acceptors (Lipinski definition) is 3. The number of nitrogens with one attached hydrogen (secondary N) is 1. The predicted octanol–water partition coefficient (Wildman–Crippen LogP) is 4.93. The van der Waals surface area contributed by atoms with Gasteiger partial charge in [0.2, 0.25) is 5.91 Å². The minimum absolute atomic E-state index is 0.0677. The highest BCUT2D eigenvalue weighted by molar-refractivity contribution is 5.79. The number of likely N-dealkylation sites (tertiary alicyclic amines) is 1. The second kappa shape index (κ2) is 11.6. The van der Waals surface area contributed by atoms with Crippen LogP contribution in [0.15, 0.2) is 84.9 Å². The van der Waals surface area contributed by atoms with E-state index in [1.54, 1.807) is 0 Å². The molecule has 0 radical (unpaired) electrons. The Bertz CT molecular complexity index is 958. The van der Waals surface area contributed by atoms with Gasteiger partial charge in [0.1, 0.15) is 0 Å². The maximum Gasteiger partial charge on any atom is 0.224 e. The first-order chi connectivity index (χ1) is 15.8. The third-order valence-corrected chi connectivity index (χ3v) is 6.00. The lowest BCUT2D eigenvalue weighted by Crippen LogP contribution is -2.42. The van der Waals surface area contributed by atoms with Crippen molar-refractivity contribution in [1.29, 1.82) is 0 Å². The number of carbonyl (C=O) groups is 1. The Kier molecular flexibility index (Phi) is 8.07. The summed E-state index contributed by atoms with van der Waals surface area (Å²) in [6, 6.07) is 29.0. The van der Waals surface area contributed by atoms with E-state index in [-0.39, 0.29) is 11.8 Å². The molecule has 1 N–H and O–H groups in total. The van der Waals surface area contributed by atoms with Gasteiger partial charge in [-0.3, -0.25) is 9.69 Å². The van der Waals surface area contributed by atoms with Crippen molar-refractivity contribution in [3.63, 3.8) is 0 Å². The summed E-state index contributed by atoms with van der Waals surface area (Å²) in [7, 11) is 0. The molecule has 166 valence electrons. The molecule has 1 amide bonds. The smallest absolute Gasteiger partial charge is 0.224 e. The molecule has 0 saturated carbocycles. The first kappa shape index (κ1) is 22.3. The summed E-state index contributed by atoms with van der Waals surface area (Å²) in [5.41, 5.74) is 4.74. The van der Waals surface area contributed by atoms with Crippen molar-refractivity contribution in [2.45, 2.75) is 39.1 Å². The topological polar surface area (TPSA) is 41.6 Å². The second-order valence-electron chi connectivity index (χ2n) is 8.57. The summed E-state index contributed by atoms with van der Waals surface area (Å²) in [5.74, 6) is 0.233. The number of nitrogens with zero attached hydrogens (tertiary/aromatic N) is 1. The fraction of sp³-hybridized carbons (Fsp3) is 0.321. The maximum absolute atomic E-state index is 12.8. The van der Waals surface area contributed by atoms with Gasteiger partial charge in [0.15, 0.2) is 0 Å². The number of hydrogen-bond donors (Lipinski definition) is 1. The van der Waals surface area contributed by atoms with Gasteiger partial charge >= 0.3 is 0 Å². The summed E-state index contributed by atoms with van der Waals surface area (Å²) < 4.78 is 5.80. The summed E-state index contributed by atoms with van der Waals surface area (Å²) in [5, 5.41) is 3.14. The third-order valence-electron chi connectivity index (χ3n) is 6.00. The van der Waals surface area contributed by atoms with Gasteiger partial charge in [-0.1, -0.05) is 84.9 Å². The van der Waals surface area contributed by atoms with E-state index in [2.05, 4.69) is 70.9 Å². The molecule has 1 aliphatic heterocycles. The first-order valence-electron chi connectivity index (χ1n) is 11.5. The highest BCUT2D eigenvalue weighted by Crippen LogP contribution is 2.19. The molecule has 3 aromatic rings. The first-order valence-corrected chi connectivity index (χ1v) is 11.5. The molecule has 4 rings (SSSR count). The Hall–Kier alpha value is -2.95. The van der Waals surface area contributed by atoms with Crippen LogP contribution in [0.25, 0.3) is 0 Å². The molecule has 4 nitrogen and oxygen atoms in total. The molecule has 0 spiro atoms. The van der Waals surface area contributed by atoms with Crippen LogP contribution in [0.2, 0.25) is 0 Å². The Morgan fingerprint density at radius 2 is 1.41 bits per heavy atom. The number of ether oxygens (including phenoxy) is 1. The van der Waals surface area contributed by atoms with E-state index < -0.39 is 0 Å².